The first kappa shape index (κ1) is 19.3. The Labute approximate surface area is 165 Å². The van der Waals surface area contributed by atoms with Gasteiger partial charge in [0.05, 0.1) is 5.52 Å². The fourth-order valence-corrected chi connectivity index (χ4v) is 3.38. The Kier molecular flexibility index (Phi) is 5.78. The van der Waals surface area contributed by atoms with Gasteiger partial charge in [-0.2, -0.15) is 0 Å². The zero-order valence-electron chi connectivity index (χ0n) is 16.1. The second-order valence-electron chi connectivity index (χ2n) is 6.97. The summed E-state index contributed by atoms with van der Waals surface area (Å²) in [4.78, 5) is 18.5. The summed E-state index contributed by atoms with van der Waals surface area (Å²) in [5, 5.41) is 4.30. The third-order valence-electron chi connectivity index (χ3n) is 4.87. The summed E-state index contributed by atoms with van der Waals surface area (Å²) in [5.41, 5.74) is 6.17. The quantitative estimate of drug-likeness (QED) is 0.662. The zero-order chi connectivity index (χ0) is 19.6. The van der Waals surface area contributed by atoms with Crippen molar-refractivity contribution < 1.29 is 4.79 Å². The number of rotatable bonds is 5. The highest BCUT2D eigenvalue weighted by Crippen LogP contribution is 2.26. The first-order valence-electron chi connectivity index (χ1n) is 8.94. The van der Waals surface area contributed by atoms with Gasteiger partial charge in [-0.05, 0) is 55.8 Å². The second kappa shape index (κ2) is 8.07. The van der Waals surface area contributed by atoms with E-state index in [1.54, 1.807) is 7.05 Å². The van der Waals surface area contributed by atoms with Crippen LogP contribution >= 0.6 is 11.6 Å². The van der Waals surface area contributed by atoms with Crippen LogP contribution < -0.4 is 5.32 Å². The molecule has 0 bridgehead atoms. The van der Waals surface area contributed by atoms with Gasteiger partial charge in [0.25, 0.3) is 5.91 Å². The van der Waals surface area contributed by atoms with E-state index in [1.807, 2.05) is 31.3 Å². The number of amides is 1. The molecule has 0 aliphatic carbocycles. The van der Waals surface area contributed by atoms with Crippen molar-refractivity contribution in [3.05, 3.63) is 75.4 Å². The molecule has 0 aliphatic rings. The average Bonchev–Trinajstić information content (AvgIpc) is 2.66. The molecule has 27 heavy (non-hydrogen) atoms. The molecule has 140 valence electrons. The van der Waals surface area contributed by atoms with Crippen LogP contribution in [0.2, 0.25) is 5.15 Å². The molecule has 0 atom stereocenters. The number of aromatic nitrogens is 1. The van der Waals surface area contributed by atoms with Crippen molar-refractivity contribution in [2.45, 2.75) is 26.9 Å². The van der Waals surface area contributed by atoms with E-state index < -0.39 is 0 Å². The van der Waals surface area contributed by atoms with Crippen LogP contribution in [0.4, 0.5) is 0 Å². The Bertz CT molecular complexity index is 983. The van der Waals surface area contributed by atoms with E-state index in [1.165, 1.54) is 11.1 Å². The van der Waals surface area contributed by atoms with Gasteiger partial charge in [0.15, 0.2) is 0 Å². The molecular weight excluding hydrogens is 358 g/mol. The molecule has 4 nitrogen and oxygen atoms in total. The van der Waals surface area contributed by atoms with Crippen LogP contribution in [0.5, 0.6) is 0 Å². The summed E-state index contributed by atoms with van der Waals surface area (Å²) < 4.78 is 0. The van der Waals surface area contributed by atoms with Crippen molar-refractivity contribution in [3.63, 3.8) is 0 Å². The molecule has 3 aromatic rings. The van der Waals surface area contributed by atoms with Crippen molar-refractivity contribution in [2.24, 2.45) is 0 Å². The van der Waals surface area contributed by atoms with E-state index in [0.717, 1.165) is 28.6 Å². The Balaban J connectivity index is 1.75. The first-order chi connectivity index (χ1) is 12.9. The maximum absolute atomic E-state index is 11.6. The van der Waals surface area contributed by atoms with Crippen LogP contribution in [0.3, 0.4) is 0 Å². The number of fused-ring (bicyclic) bond motifs is 1. The van der Waals surface area contributed by atoms with Crippen LogP contribution in [0.25, 0.3) is 10.9 Å². The topological polar surface area (TPSA) is 45.2 Å². The summed E-state index contributed by atoms with van der Waals surface area (Å²) in [6, 6.07) is 14.0. The van der Waals surface area contributed by atoms with Crippen LogP contribution in [0.15, 0.2) is 42.5 Å². The van der Waals surface area contributed by atoms with Crippen LogP contribution in [0.1, 0.15) is 32.6 Å². The Morgan fingerprint density at radius 1 is 1.11 bits per heavy atom. The lowest BCUT2D eigenvalue weighted by Crippen LogP contribution is -2.19. The van der Waals surface area contributed by atoms with E-state index in [0.29, 0.717) is 17.3 Å². The molecule has 1 aromatic heterocycles. The molecule has 0 unspecified atom stereocenters. The molecule has 1 N–H and O–H groups in total. The summed E-state index contributed by atoms with van der Waals surface area (Å²) in [6.45, 7) is 5.62. The number of nitrogens with one attached hydrogen (secondary N) is 1. The molecule has 1 heterocycles. The van der Waals surface area contributed by atoms with Crippen molar-refractivity contribution in [1.29, 1.82) is 0 Å². The lowest BCUT2D eigenvalue weighted by molar-refractivity contribution is 0.0963. The average molecular weight is 382 g/mol. The van der Waals surface area contributed by atoms with E-state index in [9.17, 15) is 4.79 Å². The van der Waals surface area contributed by atoms with Crippen LogP contribution in [-0.2, 0) is 13.1 Å². The van der Waals surface area contributed by atoms with Gasteiger partial charge >= 0.3 is 0 Å². The highest BCUT2D eigenvalue weighted by molar-refractivity contribution is 6.30. The molecule has 5 heteroatoms. The van der Waals surface area contributed by atoms with Crippen molar-refractivity contribution in [2.75, 3.05) is 14.1 Å². The highest BCUT2D eigenvalue weighted by Gasteiger charge is 2.11. The molecule has 0 fully saturated rings. The van der Waals surface area contributed by atoms with Gasteiger partial charge in [0.1, 0.15) is 5.15 Å². The molecule has 0 saturated carbocycles. The number of aryl methyl sites for hydroxylation is 2. The number of carbonyl (C=O) groups is 1. The molecule has 0 radical (unpaired) electrons. The lowest BCUT2D eigenvalue weighted by Gasteiger charge is -2.18. The molecule has 0 saturated heterocycles. The maximum Gasteiger partial charge on any atom is 0.251 e. The second-order valence-corrected chi connectivity index (χ2v) is 7.32. The van der Waals surface area contributed by atoms with Gasteiger partial charge in [0, 0.05) is 36.7 Å². The number of carbonyl (C=O) groups excluding carboxylic acids is 1. The van der Waals surface area contributed by atoms with Crippen LogP contribution in [0, 0.1) is 13.8 Å². The third-order valence-corrected chi connectivity index (χ3v) is 5.20. The third kappa shape index (κ3) is 4.29. The molecular formula is C22H24ClN3O. The molecule has 3 rings (SSSR count). The van der Waals surface area contributed by atoms with Crippen molar-refractivity contribution in [1.82, 2.24) is 15.2 Å². The smallest absolute Gasteiger partial charge is 0.251 e. The molecule has 0 spiro atoms. The maximum atomic E-state index is 11.6. The monoisotopic (exact) mass is 381 g/mol. The Morgan fingerprint density at radius 3 is 2.48 bits per heavy atom. The minimum atomic E-state index is -0.0746. The van der Waals surface area contributed by atoms with E-state index in [-0.39, 0.29) is 5.91 Å². The molecule has 1 amide bonds. The number of nitrogens with zero attached hydrogens (tertiary/aromatic N) is 2. The SMILES string of the molecule is CNC(=O)c1ccc(CN(C)Cc2cc3ccc(C)c(C)c3nc2Cl)cc1. The Morgan fingerprint density at radius 2 is 1.81 bits per heavy atom. The number of pyridine rings is 1. The fourth-order valence-electron chi connectivity index (χ4n) is 3.18. The minimum Gasteiger partial charge on any atom is -0.355 e. The summed E-state index contributed by atoms with van der Waals surface area (Å²) >= 11 is 6.46. The van der Waals surface area contributed by atoms with Gasteiger partial charge in [-0.1, -0.05) is 35.9 Å². The standard InChI is InChI=1S/C22H24ClN3O/c1-14-5-8-18-11-19(21(23)25-20(18)15(14)2)13-26(4)12-16-6-9-17(10-7-16)22(27)24-3/h5-11H,12-13H2,1-4H3,(H,24,27). The van der Waals surface area contributed by atoms with E-state index >= 15 is 0 Å². The minimum absolute atomic E-state index is 0.0746. The summed E-state index contributed by atoms with van der Waals surface area (Å²) in [7, 11) is 3.68. The van der Waals surface area contributed by atoms with E-state index in [2.05, 4.69) is 47.2 Å². The van der Waals surface area contributed by atoms with Gasteiger partial charge in [-0.15, -0.1) is 0 Å². The molecule has 2 aromatic carbocycles. The highest BCUT2D eigenvalue weighted by atomic mass is 35.5. The number of benzene rings is 2. The van der Waals surface area contributed by atoms with Gasteiger partial charge < -0.3 is 5.32 Å². The van der Waals surface area contributed by atoms with E-state index in [4.69, 9.17) is 11.6 Å². The zero-order valence-corrected chi connectivity index (χ0v) is 16.9. The first-order valence-corrected chi connectivity index (χ1v) is 9.31. The van der Waals surface area contributed by atoms with Crippen molar-refractivity contribution >= 4 is 28.4 Å². The molecule has 0 aliphatic heterocycles. The van der Waals surface area contributed by atoms with Crippen molar-refractivity contribution in [3.8, 4) is 0 Å². The normalized spacial score (nSPS) is 11.2. The number of hydrogen-bond donors (Lipinski definition) is 1. The van der Waals surface area contributed by atoms with Gasteiger partial charge in [0.2, 0.25) is 0 Å². The predicted molar refractivity (Wildman–Crippen MR) is 111 cm³/mol. The Hall–Kier alpha value is -2.43. The predicted octanol–water partition coefficient (Wildman–Crippen LogP) is 4.50. The fraction of sp³-hybridized carbons (Fsp3) is 0.273. The number of hydrogen-bond acceptors (Lipinski definition) is 3. The van der Waals surface area contributed by atoms with Gasteiger partial charge in [-0.25, -0.2) is 4.98 Å². The van der Waals surface area contributed by atoms with Crippen LogP contribution in [-0.4, -0.2) is 29.9 Å². The van der Waals surface area contributed by atoms with Gasteiger partial charge in [-0.3, -0.25) is 9.69 Å². The summed E-state index contributed by atoms with van der Waals surface area (Å²) in [6.07, 6.45) is 0. The lowest BCUT2D eigenvalue weighted by atomic mass is 10.0. The largest absolute Gasteiger partial charge is 0.355 e. The summed E-state index contributed by atoms with van der Waals surface area (Å²) in [5.74, 6) is -0.0746. The number of halogens is 1.